The maximum Gasteiger partial charge on any atom is 0.433 e. The number of sulfone groups is 1. The van der Waals surface area contributed by atoms with Gasteiger partial charge in [-0.2, -0.15) is 26.3 Å². The topological polar surface area (TPSA) is 101 Å². The van der Waals surface area contributed by atoms with E-state index in [0.717, 1.165) is 13.1 Å². The number of nitrogens with one attached hydrogen (secondary N) is 2. The largest absolute Gasteiger partial charge is 0.433 e. The molecule has 0 atom stereocenters. The Morgan fingerprint density at radius 1 is 1.00 bits per heavy atom. The van der Waals surface area contributed by atoms with Gasteiger partial charge in [-0.15, -0.1) is 0 Å². The van der Waals surface area contributed by atoms with Gasteiger partial charge in [0, 0.05) is 13.2 Å². The second-order valence-electron chi connectivity index (χ2n) is 5.79. The van der Waals surface area contributed by atoms with Crippen molar-refractivity contribution < 1.29 is 39.6 Å². The molecule has 1 amide bonds. The molecule has 2 aromatic heterocycles. The van der Waals surface area contributed by atoms with E-state index in [1.807, 2.05) is 5.32 Å². The van der Waals surface area contributed by atoms with Crippen LogP contribution in [0.15, 0.2) is 29.4 Å². The second-order valence-corrected chi connectivity index (χ2v) is 8.04. The lowest BCUT2D eigenvalue weighted by Gasteiger charge is -2.15. The van der Waals surface area contributed by atoms with Gasteiger partial charge in [-0.1, -0.05) is 6.92 Å². The van der Waals surface area contributed by atoms with Gasteiger partial charge in [0.25, 0.3) is 5.91 Å². The van der Waals surface area contributed by atoms with Gasteiger partial charge in [-0.25, -0.2) is 18.4 Å². The van der Waals surface area contributed by atoms with Gasteiger partial charge in [0.15, 0.2) is 9.84 Å². The fraction of sp³-hybridized carbons (Fsp3) is 0.312. The van der Waals surface area contributed by atoms with Crippen LogP contribution in [0.2, 0.25) is 0 Å². The minimum atomic E-state index is -4.92. The lowest BCUT2D eigenvalue weighted by Crippen LogP contribution is -2.21. The zero-order valence-corrected chi connectivity index (χ0v) is 16.1. The van der Waals surface area contributed by atoms with Crippen LogP contribution in [0, 0.1) is 0 Å². The number of aromatic nitrogens is 2. The number of rotatable bonds is 5. The van der Waals surface area contributed by atoms with Crippen molar-refractivity contribution in [2.45, 2.75) is 24.2 Å². The van der Waals surface area contributed by atoms with E-state index in [4.69, 9.17) is 0 Å². The predicted molar refractivity (Wildman–Crippen MR) is 93.7 cm³/mol. The summed E-state index contributed by atoms with van der Waals surface area (Å²) in [5.41, 5.74) is -4.12. The average molecular weight is 456 g/mol. The number of alkyl halides is 6. The van der Waals surface area contributed by atoms with E-state index in [0.29, 0.717) is 6.07 Å². The molecular formula is C16H14F6N4O3S. The molecule has 0 aliphatic heterocycles. The van der Waals surface area contributed by atoms with E-state index in [1.54, 1.807) is 0 Å². The Balaban J connectivity index is 2.57. The van der Waals surface area contributed by atoms with E-state index in [2.05, 4.69) is 15.3 Å². The third-order valence-corrected chi connectivity index (χ3v) is 5.56. The summed E-state index contributed by atoms with van der Waals surface area (Å²) in [6, 6.07) is 0.745. The predicted octanol–water partition coefficient (Wildman–Crippen LogP) is 3.60. The minimum absolute atomic E-state index is 0.0526. The fourth-order valence-electron chi connectivity index (χ4n) is 2.26. The molecule has 0 unspecified atom stereocenters. The third kappa shape index (κ3) is 4.98. The second kappa shape index (κ2) is 8.08. The Morgan fingerprint density at radius 2 is 1.63 bits per heavy atom. The van der Waals surface area contributed by atoms with Crippen molar-refractivity contribution in [2.75, 3.05) is 23.4 Å². The third-order valence-electron chi connectivity index (χ3n) is 3.82. The molecule has 14 heteroatoms. The van der Waals surface area contributed by atoms with Crippen LogP contribution < -0.4 is 10.6 Å². The highest BCUT2D eigenvalue weighted by atomic mass is 32.2. The van der Waals surface area contributed by atoms with Crippen LogP contribution in [0.4, 0.5) is 37.7 Å². The highest BCUT2D eigenvalue weighted by Gasteiger charge is 2.35. The van der Waals surface area contributed by atoms with Crippen LogP contribution in [0.25, 0.3) is 0 Å². The Kier molecular flexibility index (Phi) is 6.30. The summed E-state index contributed by atoms with van der Waals surface area (Å²) >= 11 is 0. The number of carbonyl (C=O) groups is 1. The summed E-state index contributed by atoms with van der Waals surface area (Å²) in [5, 5.41) is 4.52. The quantitative estimate of drug-likeness (QED) is 0.667. The molecule has 0 radical (unpaired) electrons. The van der Waals surface area contributed by atoms with Crippen molar-refractivity contribution in [2.24, 2.45) is 0 Å². The van der Waals surface area contributed by atoms with Gasteiger partial charge in [0.1, 0.15) is 11.4 Å². The first-order chi connectivity index (χ1) is 13.7. The number of pyridine rings is 2. The van der Waals surface area contributed by atoms with Crippen LogP contribution in [-0.2, 0) is 22.2 Å². The van der Waals surface area contributed by atoms with Gasteiger partial charge in [-0.3, -0.25) is 4.79 Å². The molecule has 7 nitrogen and oxygen atoms in total. The highest BCUT2D eigenvalue weighted by Crippen LogP contribution is 2.33. The molecule has 2 heterocycles. The van der Waals surface area contributed by atoms with E-state index in [9.17, 15) is 39.6 Å². The number of anilines is 2. The van der Waals surface area contributed by atoms with E-state index < -0.39 is 61.4 Å². The van der Waals surface area contributed by atoms with Crippen LogP contribution >= 0.6 is 0 Å². The Morgan fingerprint density at radius 3 is 2.13 bits per heavy atom. The van der Waals surface area contributed by atoms with Gasteiger partial charge in [-0.05, 0) is 12.1 Å². The molecule has 30 heavy (non-hydrogen) atoms. The SMILES string of the molecule is CCS(=O)(=O)c1cc(C(F)(F)F)cnc1C(=O)Nc1cc(C(F)(F)F)ncc1NC. The monoisotopic (exact) mass is 456 g/mol. The summed E-state index contributed by atoms with van der Waals surface area (Å²) < 4.78 is 102. The summed E-state index contributed by atoms with van der Waals surface area (Å²) in [7, 11) is -3.00. The van der Waals surface area contributed by atoms with Crippen LogP contribution in [0.3, 0.4) is 0 Å². The summed E-state index contributed by atoms with van der Waals surface area (Å²) in [6.07, 6.45) is -8.72. The summed E-state index contributed by atoms with van der Waals surface area (Å²) in [6.45, 7) is 1.15. The summed E-state index contributed by atoms with van der Waals surface area (Å²) in [5.74, 6) is -1.95. The number of halogens is 6. The van der Waals surface area contributed by atoms with Crippen molar-refractivity contribution >= 4 is 27.1 Å². The Hall–Kier alpha value is -2.90. The highest BCUT2D eigenvalue weighted by molar-refractivity contribution is 7.91. The van der Waals surface area contributed by atoms with E-state index >= 15 is 0 Å². The number of nitrogens with zero attached hydrogens (tertiary/aromatic N) is 2. The molecule has 0 bridgehead atoms. The van der Waals surface area contributed by atoms with Crippen molar-refractivity contribution in [1.82, 2.24) is 9.97 Å². The van der Waals surface area contributed by atoms with Gasteiger partial charge in [0.05, 0.1) is 33.8 Å². The molecular weight excluding hydrogens is 442 g/mol. The lowest BCUT2D eigenvalue weighted by atomic mass is 10.2. The van der Waals surface area contributed by atoms with E-state index in [-0.39, 0.29) is 18.0 Å². The maximum atomic E-state index is 12.9. The van der Waals surface area contributed by atoms with Crippen molar-refractivity contribution in [3.8, 4) is 0 Å². The smallest absolute Gasteiger partial charge is 0.385 e. The average Bonchev–Trinajstić information content (AvgIpc) is 2.66. The molecule has 2 rings (SSSR count). The zero-order chi connectivity index (χ0) is 22.9. The first-order valence-corrected chi connectivity index (χ1v) is 9.72. The number of carbonyl (C=O) groups excluding carboxylic acids is 1. The Labute approximate surface area is 166 Å². The number of hydrogen-bond acceptors (Lipinski definition) is 6. The molecule has 2 N–H and O–H groups in total. The van der Waals surface area contributed by atoms with Crippen LogP contribution in [-0.4, -0.2) is 37.1 Å². The van der Waals surface area contributed by atoms with Crippen LogP contribution in [0.5, 0.6) is 0 Å². The van der Waals surface area contributed by atoms with Crippen molar-refractivity contribution in [3.05, 3.63) is 41.5 Å². The van der Waals surface area contributed by atoms with Crippen molar-refractivity contribution in [3.63, 3.8) is 0 Å². The molecule has 0 saturated heterocycles. The van der Waals surface area contributed by atoms with Gasteiger partial charge >= 0.3 is 12.4 Å². The molecule has 0 aliphatic carbocycles. The first-order valence-electron chi connectivity index (χ1n) is 8.07. The molecule has 0 fully saturated rings. The molecule has 0 aromatic carbocycles. The van der Waals surface area contributed by atoms with Gasteiger partial charge in [0.2, 0.25) is 0 Å². The van der Waals surface area contributed by atoms with Gasteiger partial charge < -0.3 is 10.6 Å². The molecule has 2 aromatic rings. The van der Waals surface area contributed by atoms with Crippen molar-refractivity contribution in [1.29, 1.82) is 0 Å². The molecule has 164 valence electrons. The maximum absolute atomic E-state index is 12.9. The minimum Gasteiger partial charge on any atom is -0.385 e. The fourth-order valence-corrected chi connectivity index (χ4v) is 3.31. The first kappa shape index (κ1) is 23.4. The summed E-state index contributed by atoms with van der Waals surface area (Å²) in [4.78, 5) is 18.1. The normalized spacial score (nSPS) is 12.5. The van der Waals surface area contributed by atoms with Crippen LogP contribution in [0.1, 0.15) is 28.7 Å². The lowest BCUT2D eigenvalue weighted by molar-refractivity contribution is -0.141. The molecule has 0 saturated carbocycles. The Bertz CT molecular complexity index is 1070. The molecule has 0 spiro atoms. The standard InChI is InChI=1S/C16H14F6N4O3S/c1-3-30(28,29)11-4-8(15(17,18)19)6-25-13(11)14(27)26-9-5-12(16(20,21)22)24-7-10(9)23-2/h4-7,23H,3H2,1-2H3,(H,24,26,27). The number of amides is 1. The molecule has 0 aliphatic rings. The number of hydrogen-bond donors (Lipinski definition) is 2. The zero-order valence-electron chi connectivity index (χ0n) is 15.3. The van der Waals surface area contributed by atoms with E-state index in [1.165, 1.54) is 7.05 Å².